The highest BCUT2D eigenvalue weighted by Crippen LogP contribution is 2.33. The van der Waals surface area contributed by atoms with Crippen LogP contribution >= 0.6 is 11.6 Å². The maximum Gasteiger partial charge on any atom is 0.325 e. The zero-order valence-corrected chi connectivity index (χ0v) is 20.0. The molecule has 0 N–H and O–H groups in total. The van der Waals surface area contributed by atoms with Gasteiger partial charge in [0.25, 0.3) is 0 Å². The van der Waals surface area contributed by atoms with E-state index in [0.29, 0.717) is 22.8 Å². The number of ether oxygens (including phenoxy) is 1. The number of fused-ring (bicyclic) bond motifs is 1. The van der Waals surface area contributed by atoms with E-state index in [9.17, 15) is 9.59 Å². The number of hydrogen-bond donors (Lipinski definition) is 0. The molecule has 0 aliphatic heterocycles. The van der Waals surface area contributed by atoms with Crippen LogP contribution in [-0.4, -0.2) is 52.1 Å². The van der Waals surface area contributed by atoms with E-state index in [-0.39, 0.29) is 12.5 Å². The monoisotopic (exact) mass is 476 g/mol. The number of halogens is 1. The summed E-state index contributed by atoms with van der Waals surface area (Å²) < 4.78 is 6.47. The van der Waals surface area contributed by atoms with Crippen molar-refractivity contribution in [3.63, 3.8) is 0 Å². The van der Waals surface area contributed by atoms with Crippen LogP contribution < -0.4 is 0 Å². The Bertz CT molecular complexity index is 1320. The molecular weight excluding hydrogens is 452 g/mol. The Morgan fingerprint density at radius 1 is 1.09 bits per heavy atom. The first-order valence-corrected chi connectivity index (χ1v) is 11.2. The molecule has 0 aliphatic rings. The van der Waals surface area contributed by atoms with Crippen molar-refractivity contribution in [3.8, 4) is 11.1 Å². The number of esters is 1. The molecule has 2 aromatic heterocycles. The van der Waals surface area contributed by atoms with E-state index in [1.54, 1.807) is 30.0 Å². The van der Waals surface area contributed by atoms with Gasteiger partial charge in [-0.15, -0.1) is 0 Å². The Morgan fingerprint density at radius 2 is 1.79 bits per heavy atom. The highest BCUT2D eigenvalue weighted by atomic mass is 35.5. The van der Waals surface area contributed by atoms with Gasteiger partial charge in [-0.2, -0.15) is 5.10 Å². The van der Waals surface area contributed by atoms with Gasteiger partial charge in [-0.1, -0.05) is 54.1 Å². The molecule has 174 valence electrons. The molecular formula is C26H25ClN4O3. The molecule has 34 heavy (non-hydrogen) atoms. The van der Waals surface area contributed by atoms with Crippen molar-refractivity contribution >= 4 is 29.1 Å². The fraction of sp³-hybridized carbons (Fsp3) is 0.231. The number of aromatic nitrogens is 3. The minimum atomic E-state index is -1.03. The maximum atomic E-state index is 13.8. The lowest BCUT2D eigenvalue weighted by Crippen LogP contribution is -2.47. The van der Waals surface area contributed by atoms with E-state index in [2.05, 4.69) is 10.1 Å². The first-order chi connectivity index (χ1) is 16.3. The van der Waals surface area contributed by atoms with Crippen molar-refractivity contribution < 1.29 is 14.3 Å². The zero-order chi connectivity index (χ0) is 24.3. The summed E-state index contributed by atoms with van der Waals surface area (Å²) in [6.45, 7) is 1.72. The van der Waals surface area contributed by atoms with Crippen LogP contribution in [0.1, 0.15) is 18.2 Å². The molecule has 4 aromatic rings. The quantitative estimate of drug-likeness (QED) is 0.374. The molecule has 2 aromatic carbocycles. The van der Waals surface area contributed by atoms with Gasteiger partial charge in [0.1, 0.15) is 6.54 Å². The minimum Gasteiger partial charge on any atom is -0.468 e. The number of likely N-dealkylation sites (N-methyl/N-ethyl adjacent to an activating group) is 1. The van der Waals surface area contributed by atoms with Crippen LogP contribution in [0, 0.1) is 0 Å². The van der Waals surface area contributed by atoms with Crippen LogP contribution in [0.5, 0.6) is 0 Å². The number of rotatable bonds is 7. The summed E-state index contributed by atoms with van der Waals surface area (Å²) in [6, 6.07) is 19.0. The molecule has 1 atom stereocenters. The van der Waals surface area contributed by atoms with Crippen LogP contribution in [0.3, 0.4) is 0 Å². The van der Waals surface area contributed by atoms with Crippen LogP contribution in [0.4, 0.5) is 0 Å². The minimum absolute atomic E-state index is 0.150. The van der Waals surface area contributed by atoms with Crippen molar-refractivity contribution in [2.24, 2.45) is 0 Å². The second-order valence-corrected chi connectivity index (χ2v) is 8.80. The van der Waals surface area contributed by atoms with Crippen molar-refractivity contribution in [2.75, 3.05) is 20.7 Å². The highest BCUT2D eigenvalue weighted by Gasteiger charge is 2.40. The van der Waals surface area contributed by atoms with E-state index < -0.39 is 11.4 Å². The van der Waals surface area contributed by atoms with Crippen molar-refractivity contribution in [3.05, 3.63) is 89.3 Å². The number of carbonyl (C=O) groups excluding carboxylic acids is 2. The van der Waals surface area contributed by atoms with E-state index >= 15 is 0 Å². The summed E-state index contributed by atoms with van der Waals surface area (Å²) in [4.78, 5) is 31.7. The van der Waals surface area contributed by atoms with Gasteiger partial charge >= 0.3 is 5.97 Å². The number of amides is 1. The van der Waals surface area contributed by atoms with Crippen molar-refractivity contribution in [1.29, 1.82) is 0 Å². The third kappa shape index (κ3) is 4.52. The van der Waals surface area contributed by atoms with Crippen molar-refractivity contribution in [2.45, 2.75) is 18.8 Å². The molecule has 0 fully saturated rings. The van der Waals surface area contributed by atoms with E-state index in [0.717, 1.165) is 16.7 Å². The molecule has 1 unspecified atom stereocenters. The SMILES string of the molecule is COC(=O)CN(C)C(=O)C(C)(Cc1ccccc1)c1ccnc2c(-c3ccc(Cl)cc3)cnn12. The summed E-state index contributed by atoms with van der Waals surface area (Å²) in [7, 11) is 2.90. The molecule has 0 spiro atoms. The van der Waals surface area contributed by atoms with Gasteiger partial charge in [0.2, 0.25) is 5.91 Å². The fourth-order valence-corrected chi connectivity index (χ4v) is 4.30. The summed E-state index contributed by atoms with van der Waals surface area (Å²) in [5, 5.41) is 5.24. The molecule has 0 aliphatic carbocycles. The summed E-state index contributed by atoms with van der Waals surface area (Å²) >= 11 is 6.05. The Balaban J connectivity index is 1.84. The number of nitrogens with zero attached hydrogens (tertiary/aromatic N) is 4. The molecule has 7 nitrogen and oxygen atoms in total. The number of hydrogen-bond acceptors (Lipinski definition) is 5. The summed E-state index contributed by atoms with van der Waals surface area (Å²) in [5.41, 5.74) is 3.00. The average Bonchev–Trinajstić information content (AvgIpc) is 3.28. The molecule has 0 saturated heterocycles. The normalized spacial score (nSPS) is 12.8. The first-order valence-electron chi connectivity index (χ1n) is 10.8. The van der Waals surface area contributed by atoms with Gasteiger partial charge in [0, 0.05) is 23.8 Å². The standard InChI is InChI=1S/C26H25ClN4O3/c1-26(15-18-7-5-4-6-8-18,25(33)30(2)17-23(32)34-3)22-13-14-28-24-21(16-29-31(22)24)19-9-11-20(27)12-10-19/h4-14,16H,15,17H2,1-3H3. The second kappa shape index (κ2) is 9.65. The molecule has 2 heterocycles. The smallest absolute Gasteiger partial charge is 0.325 e. The van der Waals surface area contributed by atoms with Gasteiger partial charge in [-0.3, -0.25) is 9.59 Å². The topological polar surface area (TPSA) is 76.8 Å². The third-order valence-corrected chi connectivity index (χ3v) is 6.19. The zero-order valence-electron chi connectivity index (χ0n) is 19.2. The largest absolute Gasteiger partial charge is 0.468 e. The molecule has 4 rings (SSSR count). The van der Waals surface area contributed by atoms with Crippen LogP contribution in [0.2, 0.25) is 5.02 Å². The van der Waals surface area contributed by atoms with E-state index in [1.807, 2.05) is 61.5 Å². The predicted molar refractivity (Wildman–Crippen MR) is 131 cm³/mol. The van der Waals surface area contributed by atoms with Gasteiger partial charge in [-0.25, -0.2) is 9.50 Å². The van der Waals surface area contributed by atoms with Crippen LogP contribution in [0.25, 0.3) is 16.8 Å². The lowest BCUT2D eigenvalue weighted by Gasteiger charge is -2.33. The lowest BCUT2D eigenvalue weighted by atomic mass is 9.78. The number of methoxy groups -OCH3 is 1. The van der Waals surface area contributed by atoms with Gasteiger partial charge in [0.15, 0.2) is 5.65 Å². The van der Waals surface area contributed by atoms with Crippen LogP contribution in [-0.2, 0) is 26.2 Å². The average molecular weight is 477 g/mol. The third-order valence-electron chi connectivity index (χ3n) is 5.93. The van der Waals surface area contributed by atoms with Crippen LogP contribution in [0.15, 0.2) is 73.1 Å². The Kier molecular flexibility index (Phi) is 6.65. The fourth-order valence-electron chi connectivity index (χ4n) is 4.17. The first kappa shape index (κ1) is 23.4. The Morgan fingerprint density at radius 3 is 2.47 bits per heavy atom. The number of carbonyl (C=O) groups is 2. The molecule has 1 amide bonds. The second-order valence-electron chi connectivity index (χ2n) is 8.36. The van der Waals surface area contributed by atoms with Crippen molar-refractivity contribution in [1.82, 2.24) is 19.5 Å². The predicted octanol–water partition coefficient (Wildman–Crippen LogP) is 4.18. The number of benzene rings is 2. The molecule has 0 saturated carbocycles. The molecule has 0 bridgehead atoms. The molecule has 8 heteroatoms. The van der Waals surface area contributed by atoms with E-state index in [4.69, 9.17) is 16.3 Å². The molecule has 0 radical (unpaired) electrons. The summed E-state index contributed by atoms with van der Waals surface area (Å²) in [6.07, 6.45) is 3.83. The van der Waals surface area contributed by atoms with Gasteiger partial charge < -0.3 is 9.64 Å². The Hall–Kier alpha value is -3.71. The maximum absolute atomic E-state index is 13.8. The van der Waals surface area contributed by atoms with Gasteiger partial charge in [0.05, 0.1) is 24.4 Å². The van der Waals surface area contributed by atoms with E-state index in [1.165, 1.54) is 12.0 Å². The highest BCUT2D eigenvalue weighted by molar-refractivity contribution is 6.30. The summed E-state index contributed by atoms with van der Waals surface area (Å²) in [5.74, 6) is -0.709. The Labute approximate surface area is 202 Å². The van der Waals surface area contributed by atoms with Gasteiger partial charge in [-0.05, 0) is 42.7 Å². The lowest BCUT2D eigenvalue weighted by molar-refractivity contribution is -0.148.